The summed E-state index contributed by atoms with van der Waals surface area (Å²) in [5, 5.41) is 10.4. The van der Waals surface area contributed by atoms with Crippen LogP contribution in [0.3, 0.4) is 0 Å². The van der Waals surface area contributed by atoms with Crippen molar-refractivity contribution in [2.75, 3.05) is 6.61 Å². The van der Waals surface area contributed by atoms with Crippen molar-refractivity contribution in [3.8, 4) is 0 Å². The van der Waals surface area contributed by atoms with Crippen molar-refractivity contribution in [3.05, 3.63) is 71.8 Å². The van der Waals surface area contributed by atoms with Crippen molar-refractivity contribution < 1.29 is 24.1 Å². The van der Waals surface area contributed by atoms with Crippen LogP contribution in [0, 0.1) is 5.92 Å². The molecule has 6 atom stereocenters. The predicted molar refractivity (Wildman–Crippen MR) is 95.1 cm³/mol. The average Bonchev–Trinajstić information content (AvgIpc) is 2.69. The van der Waals surface area contributed by atoms with E-state index in [1.807, 2.05) is 67.6 Å². The zero-order valence-electron chi connectivity index (χ0n) is 14.7. The first-order chi connectivity index (χ1) is 12.7. The van der Waals surface area contributed by atoms with Crippen LogP contribution in [-0.4, -0.2) is 36.3 Å². The third-order valence-electron chi connectivity index (χ3n) is 5.05. The molecule has 2 fully saturated rings. The van der Waals surface area contributed by atoms with E-state index in [1.165, 1.54) is 0 Å². The van der Waals surface area contributed by atoms with Gasteiger partial charge < -0.3 is 24.1 Å². The molecule has 2 aliphatic heterocycles. The van der Waals surface area contributed by atoms with Crippen LogP contribution >= 0.6 is 0 Å². The predicted octanol–water partition coefficient (Wildman–Crippen LogP) is 3.04. The van der Waals surface area contributed by atoms with Gasteiger partial charge >= 0.3 is 0 Å². The second-order valence-corrected chi connectivity index (χ2v) is 6.86. The van der Waals surface area contributed by atoms with E-state index in [-0.39, 0.29) is 18.1 Å². The van der Waals surface area contributed by atoms with Gasteiger partial charge in [0.05, 0.1) is 19.3 Å². The minimum Gasteiger partial charge on any atom is -0.368 e. The number of rotatable bonds is 4. The minimum atomic E-state index is -0.990. The second kappa shape index (κ2) is 7.86. The Morgan fingerprint density at radius 1 is 1.00 bits per heavy atom. The molecular weight excluding hydrogens is 332 g/mol. The van der Waals surface area contributed by atoms with Gasteiger partial charge in [0.2, 0.25) is 0 Å². The van der Waals surface area contributed by atoms with Gasteiger partial charge in [0.25, 0.3) is 0 Å². The lowest BCUT2D eigenvalue weighted by atomic mass is 9.89. The molecule has 5 heteroatoms. The second-order valence-electron chi connectivity index (χ2n) is 6.86. The van der Waals surface area contributed by atoms with E-state index in [9.17, 15) is 5.11 Å². The van der Waals surface area contributed by atoms with Gasteiger partial charge in [-0.25, -0.2) is 0 Å². The van der Waals surface area contributed by atoms with Gasteiger partial charge in [-0.2, -0.15) is 0 Å². The standard InChI is InChI=1S/C21H24O5/c1-14-18-17(13-24-21(26-18)16-10-6-3-7-11-16)25-20(22)19(14)23-12-15-8-4-2-5-9-15/h2-11,14,17-22H,12-13H2,1H3/t14-,17?,18+,19?,20?,21?/m0/s1. The molecule has 2 heterocycles. The number of hydrogen-bond acceptors (Lipinski definition) is 5. The average molecular weight is 356 g/mol. The summed E-state index contributed by atoms with van der Waals surface area (Å²) in [6.07, 6.45) is -2.36. The molecule has 0 aromatic heterocycles. The van der Waals surface area contributed by atoms with E-state index < -0.39 is 18.7 Å². The monoisotopic (exact) mass is 356 g/mol. The fraction of sp³-hybridized carbons (Fsp3) is 0.429. The zero-order valence-corrected chi connectivity index (χ0v) is 14.7. The van der Waals surface area contributed by atoms with Gasteiger partial charge in [0.15, 0.2) is 12.6 Å². The van der Waals surface area contributed by atoms with Crippen molar-refractivity contribution in [2.45, 2.75) is 44.4 Å². The normalized spacial score (nSPS) is 34.2. The van der Waals surface area contributed by atoms with Gasteiger partial charge in [-0.3, -0.25) is 0 Å². The van der Waals surface area contributed by atoms with Crippen LogP contribution < -0.4 is 0 Å². The van der Waals surface area contributed by atoms with Crippen molar-refractivity contribution in [2.24, 2.45) is 5.92 Å². The molecule has 5 nitrogen and oxygen atoms in total. The van der Waals surface area contributed by atoms with Crippen molar-refractivity contribution >= 4 is 0 Å². The van der Waals surface area contributed by atoms with Crippen LogP contribution in [0.25, 0.3) is 0 Å². The Hall–Kier alpha value is -1.76. The molecule has 2 aromatic rings. The lowest BCUT2D eigenvalue weighted by Gasteiger charge is -2.47. The molecule has 1 N–H and O–H groups in total. The number of aliphatic hydroxyl groups excluding tert-OH is 1. The van der Waals surface area contributed by atoms with Crippen molar-refractivity contribution in [1.29, 1.82) is 0 Å². The first kappa shape index (κ1) is 17.6. The summed E-state index contributed by atoms with van der Waals surface area (Å²) in [4.78, 5) is 0. The summed E-state index contributed by atoms with van der Waals surface area (Å²) >= 11 is 0. The Morgan fingerprint density at radius 3 is 2.42 bits per heavy atom. The molecule has 4 rings (SSSR count). The molecule has 2 aliphatic rings. The highest BCUT2D eigenvalue weighted by molar-refractivity contribution is 5.17. The maximum Gasteiger partial charge on any atom is 0.184 e. The Morgan fingerprint density at radius 2 is 1.69 bits per heavy atom. The molecule has 0 amide bonds. The van der Waals surface area contributed by atoms with Crippen molar-refractivity contribution in [1.82, 2.24) is 0 Å². The van der Waals surface area contributed by atoms with E-state index in [2.05, 4.69) is 0 Å². The number of benzene rings is 2. The van der Waals surface area contributed by atoms with Crippen LogP contribution in [-0.2, 0) is 25.6 Å². The van der Waals surface area contributed by atoms with Gasteiger partial charge in [-0.05, 0) is 5.56 Å². The van der Waals surface area contributed by atoms with Crippen LogP contribution in [0.1, 0.15) is 24.3 Å². The molecule has 26 heavy (non-hydrogen) atoms. The van der Waals surface area contributed by atoms with Gasteiger partial charge in [0, 0.05) is 11.5 Å². The molecule has 2 aromatic carbocycles. The van der Waals surface area contributed by atoms with E-state index in [1.54, 1.807) is 0 Å². The molecular formula is C21H24O5. The lowest BCUT2D eigenvalue weighted by Crippen LogP contribution is -2.58. The van der Waals surface area contributed by atoms with E-state index in [0.717, 1.165) is 11.1 Å². The molecule has 0 saturated carbocycles. The summed E-state index contributed by atoms with van der Waals surface area (Å²) in [5.74, 6) is -0.0254. The van der Waals surface area contributed by atoms with Crippen LogP contribution in [0.5, 0.6) is 0 Å². The Balaban J connectivity index is 1.44. The molecule has 0 bridgehead atoms. The highest BCUT2D eigenvalue weighted by Gasteiger charge is 2.48. The van der Waals surface area contributed by atoms with Crippen LogP contribution in [0.2, 0.25) is 0 Å². The highest BCUT2D eigenvalue weighted by atomic mass is 16.7. The molecule has 0 aliphatic carbocycles. The summed E-state index contributed by atoms with van der Waals surface area (Å²) in [6, 6.07) is 19.8. The van der Waals surface area contributed by atoms with Gasteiger partial charge in [-0.1, -0.05) is 67.6 Å². The fourth-order valence-electron chi connectivity index (χ4n) is 3.61. The van der Waals surface area contributed by atoms with E-state index in [4.69, 9.17) is 18.9 Å². The third kappa shape index (κ3) is 3.68. The number of fused-ring (bicyclic) bond motifs is 1. The summed E-state index contributed by atoms with van der Waals surface area (Å²) < 4.78 is 23.7. The van der Waals surface area contributed by atoms with Gasteiger partial charge in [0.1, 0.15) is 12.2 Å². The number of aliphatic hydroxyl groups is 1. The van der Waals surface area contributed by atoms with Crippen LogP contribution in [0.15, 0.2) is 60.7 Å². The molecule has 138 valence electrons. The first-order valence-corrected chi connectivity index (χ1v) is 9.03. The molecule has 0 spiro atoms. The van der Waals surface area contributed by atoms with Crippen molar-refractivity contribution in [3.63, 3.8) is 0 Å². The molecule has 0 radical (unpaired) electrons. The third-order valence-corrected chi connectivity index (χ3v) is 5.05. The SMILES string of the molecule is C[C@@H]1C(OCc2ccccc2)C(O)OC2COC(c3ccccc3)O[C@@H]21. The summed E-state index contributed by atoms with van der Waals surface area (Å²) in [7, 11) is 0. The van der Waals surface area contributed by atoms with Crippen LogP contribution in [0.4, 0.5) is 0 Å². The van der Waals surface area contributed by atoms with E-state index >= 15 is 0 Å². The van der Waals surface area contributed by atoms with Gasteiger partial charge in [-0.15, -0.1) is 0 Å². The zero-order chi connectivity index (χ0) is 17.9. The largest absolute Gasteiger partial charge is 0.368 e. The van der Waals surface area contributed by atoms with E-state index in [0.29, 0.717) is 13.2 Å². The summed E-state index contributed by atoms with van der Waals surface area (Å²) in [5.41, 5.74) is 2.04. The maximum absolute atomic E-state index is 10.4. The maximum atomic E-state index is 10.4. The Kier molecular flexibility index (Phi) is 5.33. The Bertz CT molecular complexity index is 692. The Labute approximate surface area is 153 Å². The first-order valence-electron chi connectivity index (χ1n) is 9.03. The number of ether oxygens (including phenoxy) is 4. The molecule has 4 unspecified atom stereocenters. The quantitative estimate of drug-likeness (QED) is 0.913. The summed E-state index contributed by atoms with van der Waals surface area (Å²) in [6.45, 7) is 2.84. The smallest absolute Gasteiger partial charge is 0.184 e. The fourth-order valence-corrected chi connectivity index (χ4v) is 3.61. The number of hydrogen-bond donors (Lipinski definition) is 1. The minimum absolute atomic E-state index is 0.0254. The lowest BCUT2D eigenvalue weighted by molar-refractivity contribution is -0.350. The highest BCUT2D eigenvalue weighted by Crippen LogP contribution is 2.37. The topological polar surface area (TPSA) is 57.2 Å². The molecule has 2 saturated heterocycles.